The zero-order chi connectivity index (χ0) is 10.5. The highest BCUT2D eigenvalue weighted by atomic mass is 31.2. The van der Waals surface area contributed by atoms with E-state index in [0.717, 1.165) is 25.4 Å². The van der Waals surface area contributed by atoms with Crippen LogP contribution in [0.3, 0.4) is 0 Å². The van der Waals surface area contributed by atoms with Gasteiger partial charge in [0.1, 0.15) is 0 Å². The molecule has 0 aromatic carbocycles. The molecule has 1 aliphatic carbocycles. The third-order valence-electron chi connectivity index (χ3n) is 3.92. The molecule has 2 unspecified atom stereocenters. The van der Waals surface area contributed by atoms with Crippen molar-refractivity contribution in [1.29, 1.82) is 0 Å². The van der Waals surface area contributed by atoms with Crippen LogP contribution in [0.5, 0.6) is 0 Å². The summed E-state index contributed by atoms with van der Waals surface area (Å²) in [5.74, 6) is -0.391. The molecule has 3 nitrogen and oxygen atoms in total. The Kier molecular flexibility index (Phi) is 2.14. The van der Waals surface area contributed by atoms with E-state index in [-0.39, 0.29) is 5.66 Å². The van der Waals surface area contributed by atoms with Gasteiger partial charge in [-0.3, -0.25) is 0 Å². The van der Waals surface area contributed by atoms with E-state index in [9.17, 15) is 4.57 Å². The summed E-state index contributed by atoms with van der Waals surface area (Å²) in [5.41, 5.74) is 1.63. The van der Waals surface area contributed by atoms with Crippen LogP contribution in [0.15, 0.2) is 11.6 Å². The molecule has 15 heavy (non-hydrogen) atoms. The van der Waals surface area contributed by atoms with Crippen LogP contribution in [0.4, 0.5) is 0 Å². The van der Waals surface area contributed by atoms with Gasteiger partial charge in [0.15, 0.2) is 5.79 Å². The van der Waals surface area contributed by atoms with Crippen LogP contribution in [-0.4, -0.2) is 37.5 Å². The number of ether oxygens (including phenoxy) is 2. The summed E-state index contributed by atoms with van der Waals surface area (Å²) >= 11 is 0. The minimum atomic E-state index is -2.01. The molecule has 2 aliphatic heterocycles. The van der Waals surface area contributed by atoms with E-state index >= 15 is 0 Å². The molecule has 0 aromatic rings. The number of hydrogen-bond donors (Lipinski definition) is 0. The normalized spacial score (nSPS) is 43.0. The van der Waals surface area contributed by atoms with Crippen molar-refractivity contribution >= 4 is 7.14 Å². The van der Waals surface area contributed by atoms with Crippen molar-refractivity contribution in [1.82, 2.24) is 0 Å². The summed E-state index contributed by atoms with van der Waals surface area (Å²) in [6, 6.07) is 0. The Labute approximate surface area is 90.2 Å². The first-order valence-corrected chi connectivity index (χ1v) is 8.05. The molecule has 0 radical (unpaired) electrons. The summed E-state index contributed by atoms with van der Waals surface area (Å²) in [4.78, 5) is 0. The fraction of sp³-hybridized carbons (Fsp3) is 0.818. The molecule has 1 saturated carbocycles. The van der Waals surface area contributed by atoms with Gasteiger partial charge in [-0.25, -0.2) is 0 Å². The quantitative estimate of drug-likeness (QED) is 0.471. The Hall–Kier alpha value is -0.110. The number of fused-ring (bicyclic) bond motifs is 1. The van der Waals surface area contributed by atoms with Gasteiger partial charge in [0.25, 0.3) is 0 Å². The molecule has 0 aromatic heterocycles. The van der Waals surface area contributed by atoms with Gasteiger partial charge in [-0.2, -0.15) is 0 Å². The highest BCUT2D eigenvalue weighted by Crippen LogP contribution is 2.60. The molecule has 0 N–H and O–H groups in total. The van der Waals surface area contributed by atoms with Gasteiger partial charge in [0.05, 0.1) is 20.4 Å². The van der Waals surface area contributed by atoms with Crippen LogP contribution in [-0.2, 0) is 14.0 Å². The minimum Gasteiger partial charge on any atom is -0.347 e. The first-order chi connectivity index (χ1) is 7.11. The van der Waals surface area contributed by atoms with Crippen molar-refractivity contribution < 1.29 is 14.0 Å². The molecule has 0 bridgehead atoms. The average Bonchev–Trinajstić information content (AvgIpc) is 2.75. The van der Waals surface area contributed by atoms with Crippen molar-refractivity contribution in [2.75, 3.05) is 26.0 Å². The van der Waals surface area contributed by atoms with Crippen LogP contribution in [0.1, 0.15) is 19.3 Å². The molecule has 2 heterocycles. The van der Waals surface area contributed by atoms with Crippen molar-refractivity contribution in [3.8, 4) is 0 Å². The first-order valence-electron chi connectivity index (χ1n) is 5.64. The summed E-state index contributed by atoms with van der Waals surface area (Å²) in [7, 11) is -2.01. The van der Waals surface area contributed by atoms with E-state index in [1.165, 1.54) is 5.57 Å². The smallest absolute Gasteiger partial charge is 0.169 e. The van der Waals surface area contributed by atoms with Gasteiger partial charge in [0, 0.05) is 24.7 Å². The molecule has 3 rings (SSSR count). The molecule has 1 saturated heterocycles. The number of allylic oxidation sites excluding steroid dienone is 2. The SMILES string of the molecule is CP1(=O)CC=C2CCC3(CC21)OCCO3. The summed E-state index contributed by atoms with van der Waals surface area (Å²) in [5, 5.41) is 0. The maximum atomic E-state index is 12.4. The van der Waals surface area contributed by atoms with Crippen LogP contribution in [0.25, 0.3) is 0 Å². The van der Waals surface area contributed by atoms with Gasteiger partial charge in [-0.1, -0.05) is 11.6 Å². The van der Waals surface area contributed by atoms with E-state index in [4.69, 9.17) is 9.47 Å². The second-order valence-corrected chi connectivity index (χ2v) is 8.30. The summed E-state index contributed by atoms with van der Waals surface area (Å²) < 4.78 is 23.8. The topological polar surface area (TPSA) is 35.5 Å². The predicted molar refractivity (Wildman–Crippen MR) is 58.8 cm³/mol. The zero-order valence-electron chi connectivity index (χ0n) is 9.07. The largest absolute Gasteiger partial charge is 0.347 e. The Morgan fingerprint density at radius 1 is 1.47 bits per heavy atom. The van der Waals surface area contributed by atoms with Crippen molar-refractivity contribution in [2.45, 2.75) is 30.7 Å². The molecular weight excluding hydrogens is 211 g/mol. The molecule has 84 valence electrons. The van der Waals surface area contributed by atoms with E-state index in [1.54, 1.807) is 0 Å². The standard InChI is InChI=1S/C11H17O3P/c1-15(12)7-3-9-2-4-11(8-10(9)15)13-5-6-14-11/h3,10H,2,4-8H2,1H3. The van der Waals surface area contributed by atoms with E-state index < -0.39 is 12.9 Å². The third kappa shape index (κ3) is 1.52. The van der Waals surface area contributed by atoms with Gasteiger partial charge < -0.3 is 14.0 Å². The summed E-state index contributed by atoms with van der Waals surface area (Å²) in [6.45, 7) is 3.31. The molecule has 3 aliphatic rings. The number of hydrogen-bond acceptors (Lipinski definition) is 3. The molecular formula is C11H17O3P. The lowest BCUT2D eigenvalue weighted by molar-refractivity contribution is -0.170. The van der Waals surface area contributed by atoms with Crippen molar-refractivity contribution in [3.05, 3.63) is 11.6 Å². The third-order valence-corrected chi connectivity index (χ3v) is 6.66. The van der Waals surface area contributed by atoms with Crippen LogP contribution in [0.2, 0.25) is 0 Å². The van der Waals surface area contributed by atoms with Crippen LogP contribution < -0.4 is 0 Å². The second-order valence-electron chi connectivity index (χ2n) is 4.96. The highest BCUT2D eigenvalue weighted by molar-refractivity contribution is 7.64. The highest BCUT2D eigenvalue weighted by Gasteiger charge is 2.49. The maximum absolute atomic E-state index is 12.4. The number of rotatable bonds is 0. The lowest BCUT2D eigenvalue weighted by Crippen LogP contribution is -2.38. The lowest BCUT2D eigenvalue weighted by atomic mass is 9.89. The Morgan fingerprint density at radius 3 is 2.93 bits per heavy atom. The van der Waals surface area contributed by atoms with Gasteiger partial charge in [0.2, 0.25) is 0 Å². The second kappa shape index (κ2) is 3.19. The predicted octanol–water partition coefficient (Wildman–Crippen LogP) is 2.21. The molecule has 4 heteroatoms. The Bertz CT molecular complexity index is 355. The minimum absolute atomic E-state index is 0.240. The zero-order valence-corrected chi connectivity index (χ0v) is 9.96. The first kappa shape index (κ1) is 10.1. The monoisotopic (exact) mass is 228 g/mol. The maximum Gasteiger partial charge on any atom is 0.169 e. The van der Waals surface area contributed by atoms with Crippen LogP contribution in [0, 0.1) is 0 Å². The Morgan fingerprint density at radius 2 is 2.20 bits per heavy atom. The lowest BCUT2D eigenvalue weighted by Gasteiger charge is -2.37. The van der Waals surface area contributed by atoms with Crippen molar-refractivity contribution in [2.24, 2.45) is 0 Å². The molecule has 2 atom stereocenters. The van der Waals surface area contributed by atoms with E-state index in [1.807, 2.05) is 6.66 Å². The summed E-state index contributed by atoms with van der Waals surface area (Å²) in [6.07, 6.45) is 5.72. The molecule has 2 fully saturated rings. The van der Waals surface area contributed by atoms with Gasteiger partial charge >= 0.3 is 0 Å². The fourth-order valence-electron chi connectivity index (χ4n) is 3.00. The Balaban J connectivity index is 1.86. The van der Waals surface area contributed by atoms with Gasteiger partial charge in [-0.05, 0) is 13.1 Å². The van der Waals surface area contributed by atoms with E-state index in [2.05, 4.69) is 6.08 Å². The van der Waals surface area contributed by atoms with Crippen molar-refractivity contribution in [3.63, 3.8) is 0 Å². The molecule has 0 amide bonds. The van der Waals surface area contributed by atoms with E-state index in [0.29, 0.717) is 13.2 Å². The van der Waals surface area contributed by atoms with Gasteiger partial charge in [-0.15, -0.1) is 0 Å². The van der Waals surface area contributed by atoms with Crippen LogP contribution >= 0.6 is 7.14 Å². The fourth-order valence-corrected chi connectivity index (χ4v) is 5.45. The average molecular weight is 228 g/mol. The molecule has 1 spiro atoms.